The number of sulfone groups is 1. The van der Waals surface area contributed by atoms with Gasteiger partial charge in [0.15, 0.2) is 9.84 Å². The highest BCUT2D eigenvalue weighted by Crippen LogP contribution is 2.23. The fourth-order valence-electron chi connectivity index (χ4n) is 3.25. The molecule has 1 aliphatic rings. The average Bonchev–Trinajstić information content (AvgIpc) is 2.65. The Kier molecular flexibility index (Phi) is 7.24. The lowest BCUT2D eigenvalue weighted by molar-refractivity contribution is -0.126. The summed E-state index contributed by atoms with van der Waals surface area (Å²) in [6.07, 6.45) is 3.05. The topological polar surface area (TPSA) is 104 Å². The zero-order chi connectivity index (χ0) is 21.1. The SMILES string of the molecule is CCC(NC(=O)C1CCCN(S(=O)(=O)N(C)C)C1)c1ccc(S(C)(=O)=O)cc1. The average molecular weight is 432 g/mol. The first-order chi connectivity index (χ1) is 13.0. The number of nitrogens with zero attached hydrogens (tertiary/aromatic N) is 2. The lowest BCUT2D eigenvalue weighted by Gasteiger charge is -2.33. The molecule has 0 aromatic heterocycles. The number of hydrogen-bond acceptors (Lipinski definition) is 5. The molecular weight excluding hydrogens is 402 g/mol. The van der Waals surface area contributed by atoms with Crippen LogP contribution in [-0.4, -0.2) is 64.8 Å². The van der Waals surface area contributed by atoms with Crippen molar-refractivity contribution in [2.75, 3.05) is 33.4 Å². The molecule has 1 heterocycles. The van der Waals surface area contributed by atoms with E-state index in [-0.39, 0.29) is 23.4 Å². The summed E-state index contributed by atoms with van der Waals surface area (Å²) in [6, 6.07) is 6.21. The number of hydrogen-bond donors (Lipinski definition) is 1. The van der Waals surface area contributed by atoms with Gasteiger partial charge < -0.3 is 5.32 Å². The number of carbonyl (C=O) groups excluding carboxylic acids is 1. The number of benzene rings is 1. The third kappa shape index (κ3) is 5.31. The molecule has 1 N–H and O–H groups in total. The van der Waals surface area contributed by atoms with Crippen LogP contribution in [0.4, 0.5) is 0 Å². The molecule has 2 rings (SSSR count). The predicted octanol–water partition coefficient (Wildman–Crippen LogP) is 1.18. The molecule has 1 saturated heterocycles. The van der Waals surface area contributed by atoms with Crippen molar-refractivity contribution in [2.24, 2.45) is 5.92 Å². The Morgan fingerprint density at radius 3 is 2.32 bits per heavy atom. The van der Waals surface area contributed by atoms with Gasteiger partial charge in [-0.15, -0.1) is 0 Å². The maximum Gasteiger partial charge on any atom is 0.281 e. The summed E-state index contributed by atoms with van der Waals surface area (Å²) >= 11 is 0. The van der Waals surface area contributed by atoms with Crippen molar-refractivity contribution < 1.29 is 21.6 Å². The van der Waals surface area contributed by atoms with Gasteiger partial charge in [-0.05, 0) is 37.0 Å². The standard InChI is InChI=1S/C18H29N3O5S2/c1-5-17(14-8-10-16(11-9-14)27(4,23)24)19-18(22)15-7-6-12-21(13-15)28(25,26)20(2)3/h8-11,15,17H,5-7,12-13H2,1-4H3,(H,19,22). The van der Waals surface area contributed by atoms with Crippen LogP contribution >= 0.6 is 0 Å². The molecule has 2 atom stereocenters. The van der Waals surface area contributed by atoms with Gasteiger partial charge in [0.25, 0.3) is 10.2 Å². The van der Waals surface area contributed by atoms with E-state index >= 15 is 0 Å². The summed E-state index contributed by atoms with van der Waals surface area (Å²) in [7, 11) is -3.86. The maximum atomic E-state index is 12.8. The second-order valence-corrected chi connectivity index (χ2v) is 11.5. The molecule has 0 spiro atoms. The van der Waals surface area contributed by atoms with Crippen LogP contribution in [-0.2, 0) is 24.8 Å². The van der Waals surface area contributed by atoms with Gasteiger partial charge in [0.2, 0.25) is 5.91 Å². The van der Waals surface area contributed by atoms with Gasteiger partial charge in [0.05, 0.1) is 16.9 Å². The molecule has 0 saturated carbocycles. The van der Waals surface area contributed by atoms with Crippen LogP contribution in [0, 0.1) is 5.92 Å². The summed E-state index contributed by atoms with van der Waals surface area (Å²) in [5, 5.41) is 2.99. The molecule has 1 aromatic rings. The van der Waals surface area contributed by atoms with Gasteiger partial charge in [0, 0.05) is 33.4 Å². The maximum absolute atomic E-state index is 12.8. The Labute approximate surface area is 168 Å². The largest absolute Gasteiger partial charge is 0.349 e. The number of nitrogens with one attached hydrogen (secondary N) is 1. The molecule has 8 nitrogen and oxygen atoms in total. The number of carbonyl (C=O) groups is 1. The smallest absolute Gasteiger partial charge is 0.281 e. The normalized spacial score (nSPS) is 20.1. The Bertz CT molecular complexity index is 896. The zero-order valence-corrected chi connectivity index (χ0v) is 18.4. The van der Waals surface area contributed by atoms with Gasteiger partial charge >= 0.3 is 0 Å². The minimum Gasteiger partial charge on any atom is -0.349 e. The Balaban J connectivity index is 2.09. The van der Waals surface area contributed by atoms with Crippen molar-refractivity contribution in [1.82, 2.24) is 13.9 Å². The first-order valence-electron chi connectivity index (χ1n) is 9.24. The highest BCUT2D eigenvalue weighted by molar-refractivity contribution is 7.90. The van der Waals surface area contributed by atoms with E-state index in [1.807, 2.05) is 6.92 Å². The third-order valence-electron chi connectivity index (χ3n) is 4.98. The zero-order valence-electron chi connectivity index (χ0n) is 16.8. The second-order valence-electron chi connectivity index (χ2n) is 7.30. The van der Waals surface area contributed by atoms with Crippen molar-refractivity contribution >= 4 is 26.0 Å². The van der Waals surface area contributed by atoms with Gasteiger partial charge in [-0.1, -0.05) is 19.1 Å². The second kappa shape index (κ2) is 8.89. The quantitative estimate of drug-likeness (QED) is 0.698. The molecule has 2 unspecified atom stereocenters. The Hall–Kier alpha value is -1.49. The van der Waals surface area contributed by atoms with E-state index in [9.17, 15) is 21.6 Å². The van der Waals surface area contributed by atoms with E-state index in [4.69, 9.17) is 0 Å². The monoisotopic (exact) mass is 431 g/mol. The van der Waals surface area contributed by atoms with Crippen LogP contribution in [0.5, 0.6) is 0 Å². The van der Waals surface area contributed by atoms with E-state index in [0.29, 0.717) is 25.8 Å². The van der Waals surface area contributed by atoms with Crippen molar-refractivity contribution in [3.8, 4) is 0 Å². The van der Waals surface area contributed by atoms with E-state index in [1.54, 1.807) is 12.1 Å². The molecular formula is C18H29N3O5S2. The third-order valence-corrected chi connectivity index (χ3v) is 8.01. The molecule has 0 aliphatic carbocycles. The van der Waals surface area contributed by atoms with Crippen molar-refractivity contribution in [3.05, 3.63) is 29.8 Å². The van der Waals surface area contributed by atoms with Crippen LogP contribution in [0.15, 0.2) is 29.2 Å². The van der Waals surface area contributed by atoms with E-state index < -0.39 is 26.0 Å². The summed E-state index contributed by atoms with van der Waals surface area (Å²) in [4.78, 5) is 13.0. The van der Waals surface area contributed by atoms with E-state index in [1.165, 1.54) is 30.5 Å². The van der Waals surface area contributed by atoms with Crippen LogP contribution in [0.3, 0.4) is 0 Å². The number of amides is 1. The van der Waals surface area contributed by atoms with Gasteiger partial charge in [-0.2, -0.15) is 17.0 Å². The molecule has 10 heteroatoms. The summed E-state index contributed by atoms with van der Waals surface area (Å²) in [5.74, 6) is -0.592. The van der Waals surface area contributed by atoms with Crippen LogP contribution < -0.4 is 5.32 Å². The Morgan fingerprint density at radius 1 is 1.21 bits per heavy atom. The highest BCUT2D eigenvalue weighted by Gasteiger charge is 2.34. The lowest BCUT2D eigenvalue weighted by Crippen LogP contribution is -2.49. The lowest BCUT2D eigenvalue weighted by atomic mass is 9.97. The first kappa shape index (κ1) is 22.8. The fourth-order valence-corrected chi connectivity index (χ4v) is 5.08. The summed E-state index contributed by atoms with van der Waals surface area (Å²) in [6.45, 7) is 2.50. The van der Waals surface area contributed by atoms with Gasteiger partial charge in [0.1, 0.15) is 0 Å². The van der Waals surface area contributed by atoms with Crippen molar-refractivity contribution in [2.45, 2.75) is 37.1 Å². The molecule has 158 valence electrons. The fraction of sp³-hybridized carbons (Fsp3) is 0.611. The molecule has 1 amide bonds. The molecule has 28 heavy (non-hydrogen) atoms. The van der Waals surface area contributed by atoms with Crippen LogP contribution in [0.1, 0.15) is 37.8 Å². The predicted molar refractivity (Wildman–Crippen MR) is 108 cm³/mol. The molecule has 1 aliphatic heterocycles. The minimum absolute atomic E-state index is 0.162. The molecule has 0 bridgehead atoms. The van der Waals surface area contributed by atoms with E-state index in [0.717, 1.165) is 16.1 Å². The molecule has 1 fully saturated rings. The van der Waals surface area contributed by atoms with Gasteiger partial charge in [-0.25, -0.2) is 8.42 Å². The van der Waals surface area contributed by atoms with Crippen LogP contribution in [0.2, 0.25) is 0 Å². The minimum atomic E-state index is -3.54. The van der Waals surface area contributed by atoms with Gasteiger partial charge in [-0.3, -0.25) is 4.79 Å². The van der Waals surface area contributed by atoms with Crippen molar-refractivity contribution in [3.63, 3.8) is 0 Å². The molecule has 1 aromatic carbocycles. The van der Waals surface area contributed by atoms with Crippen LogP contribution in [0.25, 0.3) is 0 Å². The number of rotatable bonds is 7. The van der Waals surface area contributed by atoms with E-state index in [2.05, 4.69) is 5.32 Å². The highest BCUT2D eigenvalue weighted by atomic mass is 32.2. The Morgan fingerprint density at radius 2 is 1.82 bits per heavy atom. The first-order valence-corrected chi connectivity index (χ1v) is 12.5. The number of piperidine rings is 1. The van der Waals surface area contributed by atoms with Crippen molar-refractivity contribution in [1.29, 1.82) is 0 Å². The summed E-state index contributed by atoms with van der Waals surface area (Å²) in [5.41, 5.74) is 0.817. The summed E-state index contributed by atoms with van der Waals surface area (Å²) < 4.78 is 50.4. The molecule has 0 radical (unpaired) electrons.